The lowest BCUT2D eigenvalue weighted by Gasteiger charge is -2.33. The lowest BCUT2D eigenvalue weighted by atomic mass is 10.1. The van der Waals surface area contributed by atoms with Crippen LogP contribution in [0.25, 0.3) is 0 Å². The van der Waals surface area contributed by atoms with Gasteiger partial charge in [-0.3, -0.25) is 4.90 Å². The second-order valence-corrected chi connectivity index (χ2v) is 6.26. The summed E-state index contributed by atoms with van der Waals surface area (Å²) in [6.45, 7) is 5.63. The fourth-order valence-corrected chi connectivity index (χ4v) is 2.60. The predicted molar refractivity (Wildman–Crippen MR) is 77.7 cm³/mol. The molecule has 0 aliphatic carbocycles. The largest absolute Gasteiger partial charge is 0.300 e. The summed E-state index contributed by atoms with van der Waals surface area (Å²) in [4.78, 5) is 3.75. The fourth-order valence-electron chi connectivity index (χ4n) is 1.22. The molecule has 90 valence electrons. The van der Waals surface area contributed by atoms with Crippen LogP contribution in [0.3, 0.4) is 0 Å². The first-order valence-corrected chi connectivity index (χ1v) is 7.62. The number of hydrogen-bond donors (Lipinski definition) is 0. The first kappa shape index (κ1) is 14.1. The van der Waals surface area contributed by atoms with E-state index < -0.39 is 0 Å². The molecule has 1 aromatic carbocycles. The van der Waals surface area contributed by atoms with E-state index in [0.29, 0.717) is 0 Å². The summed E-state index contributed by atoms with van der Waals surface area (Å²) in [6.07, 6.45) is 0. The molecule has 1 aromatic rings. The monoisotopic (exact) mass is 301 g/mol. The molecule has 0 fully saturated rings. The van der Waals surface area contributed by atoms with E-state index in [-0.39, 0.29) is 5.54 Å². The summed E-state index contributed by atoms with van der Waals surface area (Å²) < 4.78 is 0. The first-order chi connectivity index (χ1) is 7.56. The van der Waals surface area contributed by atoms with Gasteiger partial charge < -0.3 is 0 Å². The van der Waals surface area contributed by atoms with Gasteiger partial charge in [0.05, 0.1) is 0 Å². The van der Waals surface area contributed by atoms with Gasteiger partial charge in [-0.15, -0.1) is 11.8 Å². The van der Waals surface area contributed by atoms with Crippen molar-refractivity contribution in [3.8, 4) is 0 Å². The van der Waals surface area contributed by atoms with Crippen LogP contribution in [0.15, 0.2) is 35.2 Å². The SMILES string of the molecule is CN(CCSc1ccccc1)C(C)(C)CBr. The zero-order valence-corrected chi connectivity index (χ0v) is 12.6. The molecule has 0 heterocycles. The van der Waals surface area contributed by atoms with Crippen LogP contribution in [-0.2, 0) is 0 Å². The van der Waals surface area contributed by atoms with Crippen molar-refractivity contribution in [3.05, 3.63) is 30.3 Å². The standard InChI is InChI=1S/C13H20BrNS/c1-13(2,11-14)15(3)9-10-16-12-7-5-4-6-8-12/h4-8H,9-11H2,1-3H3. The summed E-state index contributed by atoms with van der Waals surface area (Å²) in [6, 6.07) is 10.6. The predicted octanol–water partition coefficient (Wildman–Crippen LogP) is 3.88. The summed E-state index contributed by atoms with van der Waals surface area (Å²) in [5.74, 6) is 1.14. The molecule has 0 saturated heterocycles. The molecule has 0 radical (unpaired) electrons. The van der Waals surface area contributed by atoms with E-state index in [1.54, 1.807) is 0 Å². The second-order valence-electron chi connectivity index (χ2n) is 4.53. The number of rotatable bonds is 6. The average molecular weight is 302 g/mol. The minimum Gasteiger partial charge on any atom is -0.300 e. The highest BCUT2D eigenvalue weighted by molar-refractivity contribution is 9.09. The van der Waals surface area contributed by atoms with Crippen LogP contribution >= 0.6 is 27.7 Å². The van der Waals surface area contributed by atoms with Crippen LogP contribution in [0, 0.1) is 0 Å². The van der Waals surface area contributed by atoms with Gasteiger partial charge in [0, 0.05) is 28.1 Å². The molecular weight excluding hydrogens is 282 g/mol. The quantitative estimate of drug-likeness (QED) is 0.579. The van der Waals surface area contributed by atoms with Gasteiger partial charge in [0.25, 0.3) is 0 Å². The Kier molecular flexibility index (Phi) is 5.87. The van der Waals surface area contributed by atoms with Crippen molar-refractivity contribution in [2.24, 2.45) is 0 Å². The molecule has 0 saturated carbocycles. The van der Waals surface area contributed by atoms with E-state index in [1.807, 2.05) is 11.8 Å². The lowest BCUT2D eigenvalue weighted by Crippen LogP contribution is -2.43. The number of alkyl halides is 1. The van der Waals surface area contributed by atoms with Crippen molar-refractivity contribution in [3.63, 3.8) is 0 Å². The van der Waals surface area contributed by atoms with E-state index >= 15 is 0 Å². The van der Waals surface area contributed by atoms with Crippen molar-refractivity contribution >= 4 is 27.7 Å². The highest BCUT2D eigenvalue weighted by Gasteiger charge is 2.21. The van der Waals surface area contributed by atoms with Crippen molar-refractivity contribution in [1.82, 2.24) is 4.90 Å². The number of hydrogen-bond acceptors (Lipinski definition) is 2. The van der Waals surface area contributed by atoms with E-state index in [4.69, 9.17) is 0 Å². The first-order valence-electron chi connectivity index (χ1n) is 5.51. The van der Waals surface area contributed by atoms with E-state index in [9.17, 15) is 0 Å². The average Bonchev–Trinajstić information content (AvgIpc) is 2.30. The van der Waals surface area contributed by atoms with Crippen molar-refractivity contribution in [1.29, 1.82) is 0 Å². The molecule has 0 aliphatic heterocycles. The van der Waals surface area contributed by atoms with E-state index in [0.717, 1.165) is 17.6 Å². The van der Waals surface area contributed by atoms with Gasteiger partial charge in [0.15, 0.2) is 0 Å². The highest BCUT2D eigenvalue weighted by atomic mass is 79.9. The maximum atomic E-state index is 3.56. The third kappa shape index (κ3) is 4.48. The Labute approximate surface area is 112 Å². The number of nitrogens with zero attached hydrogens (tertiary/aromatic N) is 1. The molecule has 0 aromatic heterocycles. The number of halogens is 1. The van der Waals surface area contributed by atoms with Crippen LogP contribution in [-0.4, -0.2) is 35.1 Å². The summed E-state index contributed by atoms with van der Waals surface area (Å²) in [7, 11) is 2.19. The molecule has 0 bridgehead atoms. The summed E-state index contributed by atoms with van der Waals surface area (Å²) in [5, 5.41) is 1.01. The van der Waals surface area contributed by atoms with Crippen LogP contribution in [0.2, 0.25) is 0 Å². The van der Waals surface area contributed by atoms with Crippen molar-refractivity contribution < 1.29 is 0 Å². The Morgan fingerprint density at radius 1 is 1.25 bits per heavy atom. The van der Waals surface area contributed by atoms with Crippen LogP contribution in [0.1, 0.15) is 13.8 Å². The Bertz CT molecular complexity index is 300. The van der Waals surface area contributed by atoms with E-state index in [2.05, 4.69) is 72.1 Å². The Morgan fingerprint density at radius 2 is 1.88 bits per heavy atom. The molecule has 16 heavy (non-hydrogen) atoms. The van der Waals surface area contributed by atoms with Crippen molar-refractivity contribution in [2.75, 3.05) is 24.7 Å². The van der Waals surface area contributed by atoms with Crippen LogP contribution < -0.4 is 0 Å². The third-order valence-corrected chi connectivity index (χ3v) is 5.16. The molecule has 0 atom stereocenters. The zero-order valence-electron chi connectivity index (χ0n) is 10.2. The van der Waals surface area contributed by atoms with Gasteiger partial charge in [-0.05, 0) is 33.0 Å². The molecule has 0 amide bonds. The summed E-state index contributed by atoms with van der Waals surface area (Å²) in [5.41, 5.74) is 0.233. The Balaban J connectivity index is 2.31. The van der Waals surface area contributed by atoms with Gasteiger partial charge in [-0.1, -0.05) is 34.1 Å². The minimum atomic E-state index is 0.233. The van der Waals surface area contributed by atoms with Gasteiger partial charge in [-0.25, -0.2) is 0 Å². The fraction of sp³-hybridized carbons (Fsp3) is 0.538. The molecule has 3 heteroatoms. The van der Waals surface area contributed by atoms with E-state index in [1.165, 1.54) is 4.90 Å². The smallest absolute Gasteiger partial charge is 0.0247 e. The normalized spacial score (nSPS) is 12.1. The number of thioether (sulfide) groups is 1. The maximum Gasteiger partial charge on any atom is 0.0247 e. The molecule has 0 N–H and O–H groups in total. The van der Waals surface area contributed by atoms with Gasteiger partial charge in [0.2, 0.25) is 0 Å². The highest BCUT2D eigenvalue weighted by Crippen LogP contribution is 2.19. The molecular formula is C13H20BrNS. The van der Waals surface area contributed by atoms with Crippen LogP contribution in [0.4, 0.5) is 0 Å². The maximum absolute atomic E-state index is 3.56. The summed E-state index contributed by atoms with van der Waals surface area (Å²) >= 11 is 5.48. The molecule has 0 spiro atoms. The molecule has 1 rings (SSSR count). The minimum absolute atomic E-state index is 0.233. The molecule has 0 aliphatic rings. The van der Waals surface area contributed by atoms with Gasteiger partial charge in [-0.2, -0.15) is 0 Å². The van der Waals surface area contributed by atoms with Gasteiger partial charge >= 0.3 is 0 Å². The number of benzene rings is 1. The Morgan fingerprint density at radius 3 is 2.44 bits per heavy atom. The van der Waals surface area contributed by atoms with Crippen LogP contribution in [0.5, 0.6) is 0 Å². The Hall–Kier alpha value is 0.01000. The molecule has 0 unspecified atom stereocenters. The van der Waals surface area contributed by atoms with Crippen molar-refractivity contribution in [2.45, 2.75) is 24.3 Å². The second kappa shape index (κ2) is 6.67. The third-order valence-electron chi connectivity index (χ3n) is 2.80. The molecule has 1 nitrogen and oxygen atoms in total. The van der Waals surface area contributed by atoms with Gasteiger partial charge in [0.1, 0.15) is 0 Å². The topological polar surface area (TPSA) is 3.24 Å². The zero-order chi connectivity index (χ0) is 12.0. The lowest BCUT2D eigenvalue weighted by molar-refractivity contribution is 0.193.